The Kier molecular flexibility index (Phi) is 5.79. The van der Waals surface area contributed by atoms with E-state index >= 15 is 0 Å². The standard InChI is InChI=1S/C19H24N6O5/c26-17(22-10-8-21(9-11-22)12-13-30-25(28)29)14-23-6-3-7-24-18(27)15-4-1-2-5-16(15)20-19(23)24/h1-2,4-5H,3,6-14H2. The van der Waals surface area contributed by atoms with Gasteiger partial charge in [-0.25, -0.2) is 4.98 Å². The molecule has 4 rings (SSSR count). The van der Waals surface area contributed by atoms with Gasteiger partial charge in [0, 0.05) is 45.8 Å². The molecular formula is C19H24N6O5. The van der Waals surface area contributed by atoms with Gasteiger partial charge in [0.05, 0.1) is 17.4 Å². The number of benzene rings is 1. The fourth-order valence-electron chi connectivity index (χ4n) is 4.00. The van der Waals surface area contributed by atoms with Crippen LogP contribution in [0.5, 0.6) is 0 Å². The highest BCUT2D eigenvalue weighted by Crippen LogP contribution is 2.20. The fraction of sp³-hybridized carbons (Fsp3) is 0.526. The molecule has 11 nitrogen and oxygen atoms in total. The van der Waals surface area contributed by atoms with Gasteiger partial charge in [-0.05, 0) is 18.6 Å². The maximum Gasteiger partial charge on any atom is 0.294 e. The summed E-state index contributed by atoms with van der Waals surface area (Å²) in [5.74, 6) is 0.543. The third-order valence-corrected chi connectivity index (χ3v) is 5.59. The number of amides is 1. The van der Waals surface area contributed by atoms with Crippen molar-refractivity contribution in [2.75, 3.05) is 57.3 Å². The lowest BCUT2D eigenvalue weighted by Crippen LogP contribution is -2.52. The van der Waals surface area contributed by atoms with Crippen LogP contribution in [0.25, 0.3) is 10.9 Å². The first-order valence-electron chi connectivity index (χ1n) is 10.0. The molecular weight excluding hydrogens is 392 g/mol. The molecule has 2 aromatic rings. The Morgan fingerprint density at radius 3 is 2.67 bits per heavy atom. The van der Waals surface area contributed by atoms with Crippen molar-refractivity contribution in [2.24, 2.45) is 0 Å². The lowest BCUT2D eigenvalue weighted by molar-refractivity contribution is -0.757. The van der Waals surface area contributed by atoms with Crippen molar-refractivity contribution < 1.29 is 14.7 Å². The second-order valence-corrected chi connectivity index (χ2v) is 7.44. The minimum atomic E-state index is -0.793. The molecule has 2 aliphatic rings. The second kappa shape index (κ2) is 8.66. The highest BCUT2D eigenvalue weighted by molar-refractivity contribution is 5.82. The fourth-order valence-corrected chi connectivity index (χ4v) is 4.00. The zero-order chi connectivity index (χ0) is 21.1. The first kappa shape index (κ1) is 20.1. The second-order valence-electron chi connectivity index (χ2n) is 7.44. The van der Waals surface area contributed by atoms with Crippen molar-refractivity contribution in [3.8, 4) is 0 Å². The number of carbonyl (C=O) groups excluding carboxylic acids is 1. The average molecular weight is 416 g/mol. The Labute approximate surface area is 172 Å². The van der Waals surface area contributed by atoms with Crippen LogP contribution in [0.3, 0.4) is 0 Å². The van der Waals surface area contributed by atoms with E-state index < -0.39 is 5.09 Å². The van der Waals surface area contributed by atoms with Gasteiger partial charge in [0.25, 0.3) is 10.6 Å². The number of nitrogens with zero attached hydrogens (tertiary/aromatic N) is 6. The molecule has 0 aliphatic carbocycles. The van der Waals surface area contributed by atoms with E-state index in [-0.39, 0.29) is 24.6 Å². The summed E-state index contributed by atoms with van der Waals surface area (Å²) in [6.07, 6.45) is 0.782. The maximum absolute atomic E-state index is 12.9. The number of hydrogen-bond donors (Lipinski definition) is 0. The van der Waals surface area contributed by atoms with E-state index in [0.717, 1.165) is 6.42 Å². The van der Waals surface area contributed by atoms with E-state index in [9.17, 15) is 19.7 Å². The van der Waals surface area contributed by atoms with Crippen LogP contribution in [0.1, 0.15) is 6.42 Å². The summed E-state index contributed by atoms with van der Waals surface area (Å²) in [4.78, 5) is 50.6. The molecule has 0 saturated carbocycles. The van der Waals surface area contributed by atoms with E-state index in [4.69, 9.17) is 0 Å². The third kappa shape index (κ3) is 4.20. The maximum atomic E-state index is 12.9. The van der Waals surface area contributed by atoms with Gasteiger partial charge >= 0.3 is 0 Å². The van der Waals surface area contributed by atoms with Crippen molar-refractivity contribution in [1.82, 2.24) is 19.4 Å². The minimum absolute atomic E-state index is 0.00736. The topological polar surface area (TPSA) is 114 Å². The normalized spacial score (nSPS) is 17.1. The Bertz CT molecular complexity index is 1000. The lowest BCUT2D eigenvalue weighted by Gasteiger charge is -2.36. The van der Waals surface area contributed by atoms with E-state index in [2.05, 4.69) is 9.82 Å². The Morgan fingerprint density at radius 1 is 1.13 bits per heavy atom. The molecule has 160 valence electrons. The summed E-state index contributed by atoms with van der Waals surface area (Å²) in [5.41, 5.74) is 0.567. The zero-order valence-electron chi connectivity index (χ0n) is 16.6. The molecule has 2 aliphatic heterocycles. The van der Waals surface area contributed by atoms with Crippen LogP contribution in [0.4, 0.5) is 5.95 Å². The molecule has 3 heterocycles. The smallest absolute Gasteiger partial charge is 0.294 e. The first-order chi connectivity index (χ1) is 14.5. The zero-order valence-corrected chi connectivity index (χ0v) is 16.6. The summed E-state index contributed by atoms with van der Waals surface area (Å²) in [7, 11) is 0. The number of piperazine rings is 1. The predicted molar refractivity (Wildman–Crippen MR) is 109 cm³/mol. The lowest BCUT2D eigenvalue weighted by atomic mass is 10.2. The summed E-state index contributed by atoms with van der Waals surface area (Å²) < 4.78 is 1.66. The molecule has 0 bridgehead atoms. The van der Waals surface area contributed by atoms with E-state index in [1.807, 2.05) is 28.0 Å². The average Bonchev–Trinajstić information content (AvgIpc) is 2.75. The number of fused-ring (bicyclic) bond motifs is 2. The van der Waals surface area contributed by atoms with Crippen LogP contribution in [-0.2, 0) is 16.2 Å². The number of aromatic nitrogens is 2. The van der Waals surface area contributed by atoms with Gasteiger partial charge < -0.3 is 14.6 Å². The molecule has 1 amide bonds. The van der Waals surface area contributed by atoms with Gasteiger partial charge in [-0.15, -0.1) is 10.1 Å². The van der Waals surface area contributed by atoms with Crippen molar-refractivity contribution in [1.29, 1.82) is 0 Å². The molecule has 0 atom stereocenters. The van der Waals surface area contributed by atoms with E-state index in [0.29, 0.717) is 62.7 Å². The Morgan fingerprint density at radius 2 is 1.90 bits per heavy atom. The largest absolute Gasteiger partial charge is 0.339 e. The van der Waals surface area contributed by atoms with Gasteiger partial charge in [0.1, 0.15) is 6.61 Å². The molecule has 0 unspecified atom stereocenters. The van der Waals surface area contributed by atoms with Gasteiger partial charge in [-0.1, -0.05) is 12.1 Å². The van der Waals surface area contributed by atoms with Crippen molar-refractivity contribution in [3.63, 3.8) is 0 Å². The molecule has 0 spiro atoms. The van der Waals surface area contributed by atoms with Crippen molar-refractivity contribution in [3.05, 3.63) is 44.7 Å². The van der Waals surface area contributed by atoms with Crippen LogP contribution < -0.4 is 10.5 Å². The van der Waals surface area contributed by atoms with Gasteiger partial charge in [0.2, 0.25) is 11.9 Å². The molecule has 1 aromatic heterocycles. The number of para-hydroxylation sites is 1. The highest BCUT2D eigenvalue weighted by atomic mass is 16.9. The van der Waals surface area contributed by atoms with Gasteiger partial charge in [-0.2, -0.15) is 0 Å². The van der Waals surface area contributed by atoms with Crippen LogP contribution in [-0.4, -0.2) is 82.8 Å². The summed E-state index contributed by atoms with van der Waals surface area (Å²) in [5, 5.41) is 10.0. The van der Waals surface area contributed by atoms with Gasteiger partial charge in [-0.3, -0.25) is 19.1 Å². The highest BCUT2D eigenvalue weighted by Gasteiger charge is 2.27. The van der Waals surface area contributed by atoms with Crippen LogP contribution in [0.15, 0.2) is 29.1 Å². The first-order valence-corrected chi connectivity index (χ1v) is 10.0. The molecule has 1 fully saturated rings. The monoisotopic (exact) mass is 416 g/mol. The van der Waals surface area contributed by atoms with Gasteiger partial charge in [0.15, 0.2) is 0 Å². The molecule has 1 aromatic carbocycles. The van der Waals surface area contributed by atoms with E-state index in [1.54, 1.807) is 15.5 Å². The van der Waals surface area contributed by atoms with Crippen molar-refractivity contribution in [2.45, 2.75) is 13.0 Å². The molecule has 0 radical (unpaired) electrons. The SMILES string of the molecule is O=C(CN1CCCn2c1nc1ccccc1c2=O)N1CCN(CCO[N+](=O)[O-])CC1. The van der Waals surface area contributed by atoms with Crippen molar-refractivity contribution >= 4 is 22.8 Å². The summed E-state index contributed by atoms with van der Waals surface area (Å²) >= 11 is 0. The molecule has 30 heavy (non-hydrogen) atoms. The summed E-state index contributed by atoms with van der Waals surface area (Å²) in [6, 6.07) is 7.26. The Balaban J connectivity index is 1.40. The van der Waals surface area contributed by atoms with Crippen LogP contribution in [0, 0.1) is 10.1 Å². The molecule has 11 heteroatoms. The predicted octanol–water partition coefficient (Wildman–Crippen LogP) is -0.0409. The van der Waals surface area contributed by atoms with Crippen LogP contribution in [0.2, 0.25) is 0 Å². The summed E-state index contributed by atoms with van der Waals surface area (Å²) in [6.45, 7) is 4.34. The van der Waals surface area contributed by atoms with E-state index in [1.165, 1.54) is 0 Å². The van der Waals surface area contributed by atoms with Crippen LogP contribution >= 0.6 is 0 Å². The number of carbonyl (C=O) groups is 1. The molecule has 0 N–H and O–H groups in total. The Hall–Kier alpha value is -3.21. The minimum Gasteiger partial charge on any atom is -0.339 e. The number of rotatable bonds is 6. The quantitative estimate of drug-likeness (QED) is 0.476. The third-order valence-electron chi connectivity index (χ3n) is 5.59. The number of anilines is 1. The molecule has 1 saturated heterocycles. The number of hydrogen-bond acceptors (Lipinski definition) is 8.